The van der Waals surface area contributed by atoms with E-state index >= 15 is 0 Å². The molecule has 0 saturated carbocycles. The molecule has 4 rings (SSSR count). The maximum absolute atomic E-state index is 4.45. The number of rotatable bonds is 2. The Kier molecular flexibility index (Phi) is 8.81. The molecule has 0 bridgehead atoms. The fourth-order valence-corrected chi connectivity index (χ4v) is 7.79. The van der Waals surface area contributed by atoms with Gasteiger partial charge in [0, 0.05) is 5.54 Å². The van der Waals surface area contributed by atoms with Crippen molar-refractivity contribution >= 4 is 25.0 Å². The van der Waals surface area contributed by atoms with Gasteiger partial charge in [-0.1, -0.05) is 79.5 Å². The van der Waals surface area contributed by atoms with Crippen molar-refractivity contribution in [1.29, 1.82) is 0 Å². The smallest absolute Gasteiger partial charge is 1.00 e. The van der Waals surface area contributed by atoms with Crippen molar-refractivity contribution in [3.05, 3.63) is 88.6 Å². The van der Waals surface area contributed by atoms with E-state index in [-0.39, 0.29) is 52.1 Å². The van der Waals surface area contributed by atoms with Gasteiger partial charge in [0.15, 0.2) is 0 Å². The van der Waals surface area contributed by atoms with Crippen LogP contribution in [0.15, 0.2) is 66.4 Å². The van der Waals surface area contributed by atoms with Crippen LogP contribution in [0.25, 0.3) is 16.7 Å². The summed E-state index contributed by atoms with van der Waals surface area (Å²) in [7, 11) is -1.72. The third-order valence-corrected chi connectivity index (χ3v) is 8.92. The molecular formula is C25H29Cl2NSiTi. The quantitative estimate of drug-likeness (QED) is 0.603. The van der Waals surface area contributed by atoms with Gasteiger partial charge in [-0.25, -0.2) is 0 Å². The normalized spacial score (nSPS) is 14.8. The van der Waals surface area contributed by atoms with E-state index in [1.807, 2.05) is 0 Å². The molecule has 2 aromatic carbocycles. The van der Waals surface area contributed by atoms with Gasteiger partial charge in [0.1, 0.15) is 8.24 Å². The molecule has 0 spiro atoms. The van der Waals surface area contributed by atoms with Crippen LogP contribution in [0.5, 0.6) is 0 Å². The van der Waals surface area contributed by atoms with Crippen molar-refractivity contribution < 1.29 is 46.5 Å². The number of nitrogens with one attached hydrogen (secondary N) is 1. The van der Waals surface area contributed by atoms with Crippen molar-refractivity contribution in [3.8, 4) is 0 Å². The van der Waals surface area contributed by atoms with Gasteiger partial charge < -0.3 is 29.8 Å². The summed E-state index contributed by atoms with van der Waals surface area (Å²) in [4.78, 5) is 3.95. The fraction of sp³-hybridized carbons (Fsp3) is 0.280. The van der Waals surface area contributed by atoms with Crippen LogP contribution in [0.4, 0.5) is 0 Å². The molecule has 5 heteroatoms. The van der Waals surface area contributed by atoms with E-state index in [1.165, 1.54) is 33.4 Å². The first kappa shape index (κ1) is 27.2. The van der Waals surface area contributed by atoms with E-state index in [4.69, 9.17) is 0 Å². The minimum atomic E-state index is -1.72. The van der Waals surface area contributed by atoms with Crippen LogP contribution in [-0.2, 0) is 21.7 Å². The molecule has 2 aromatic rings. The molecule has 30 heavy (non-hydrogen) atoms. The number of hydrogen-bond acceptors (Lipinski definition) is 1. The third-order valence-electron chi connectivity index (χ3n) is 5.62. The van der Waals surface area contributed by atoms with E-state index < -0.39 is 8.24 Å². The number of halogens is 2. The van der Waals surface area contributed by atoms with Gasteiger partial charge in [-0.3, -0.25) is 0 Å². The SMILES string of the molecule is C=C1c2ccccc2C2=C(CC([Si](C)(C)NC(C)(C)C)=C2)c2ccccc21.[Cl-].[Cl-].[Ti+2]. The minimum absolute atomic E-state index is 0. The molecule has 0 aromatic heterocycles. The zero-order valence-corrected chi connectivity index (χ0v) is 22.4. The van der Waals surface area contributed by atoms with E-state index in [2.05, 4.69) is 100 Å². The van der Waals surface area contributed by atoms with Crippen molar-refractivity contribution in [2.75, 3.05) is 0 Å². The second-order valence-corrected chi connectivity index (χ2v) is 13.5. The fourth-order valence-electron chi connectivity index (χ4n) is 4.63. The Balaban J connectivity index is 0.00000150. The molecule has 0 fully saturated rings. The van der Waals surface area contributed by atoms with Crippen molar-refractivity contribution in [1.82, 2.24) is 4.98 Å². The van der Waals surface area contributed by atoms with Crippen LogP contribution in [0.3, 0.4) is 0 Å². The number of fused-ring (bicyclic) bond motifs is 4. The summed E-state index contributed by atoms with van der Waals surface area (Å²) < 4.78 is 0. The van der Waals surface area contributed by atoms with Gasteiger partial charge in [0.25, 0.3) is 0 Å². The Morgan fingerprint density at radius 1 is 0.833 bits per heavy atom. The summed E-state index contributed by atoms with van der Waals surface area (Å²) in [5.74, 6) is 0. The maximum atomic E-state index is 4.45. The van der Waals surface area contributed by atoms with Crippen LogP contribution < -0.4 is 29.8 Å². The molecule has 0 heterocycles. The van der Waals surface area contributed by atoms with Crippen LogP contribution in [0, 0.1) is 0 Å². The average molecular weight is 490 g/mol. The van der Waals surface area contributed by atoms with E-state index in [0.29, 0.717) is 0 Å². The Labute approximate surface area is 209 Å². The molecule has 0 unspecified atom stereocenters. The Morgan fingerprint density at radius 3 is 1.83 bits per heavy atom. The van der Waals surface area contributed by atoms with Gasteiger partial charge in [0.2, 0.25) is 0 Å². The second-order valence-electron chi connectivity index (χ2n) is 9.31. The monoisotopic (exact) mass is 489 g/mol. The first-order valence-electron chi connectivity index (χ1n) is 9.79. The van der Waals surface area contributed by atoms with Crippen molar-refractivity contribution in [2.45, 2.75) is 45.8 Å². The van der Waals surface area contributed by atoms with Crippen LogP contribution in [0.1, 0.15) is 49.4 Å². The van der Waals surface area contributed by atoms with Gasteiger partial charge in [-0.05, 0) is 66.2 Å². The van der Waals surface area contributed by atoms with Gasteiger partial charge >= 0.3 is 21.7 Å². The summed E-state index contributed by atoms with van der Waals surface area (Å²) in [5.41, 5.74) is 9.31. The standard InChI is InChI=1S/C25H29NSi.2ClH.Ti/c1-17-19-11-7-9-13-21(19)23-15-18(27(5,6)26-25(2,3)4)16-24(23)22-14-10-8-12-20(17)22;;;/h7-15,26H,1,16H2,2-6H3;2*1H;/q;;;+2/p-2. The first-order valence-corrected chi connectivity index (χ1v) is 12.8. The third kappa shape index (κ3) is 4.96. The van der Waals surface area contributed by atoms with Crippen molar-refractivity contribution in [2.24, 2.45) is 0 Å². The summed E-state index contributed by atoms with van der Waals surface area (Å²) in [5, 5.41) is 1.58. The molecular weight excluding hydrogens is 461 g/mol. The predicted molar refractivity (Wildman–Crippen MR) is 121 cm³/mol. The van der Waals surface area contributed by atoms with E-state index in [9.17, 15) is 0 Å². The second kappa shape index (κ2) is 9.73. The molecule has 2 aliphatic rings. The number of benzene rings is 2. The van der Waals surface area contributed by atoms with E-state index in [0.717, 1.165) is 12.0 Å². The molecule has 0 amide bonds. The van der Waals surface area contributed by atoms with E-state index in [1.54, 1.807) is 5.20 Å². The molecule has 0 radical (unpaired) electrons. The Bertz CT molecular complexity index is 1020. The minimum Gasteiger partial charge on any atom is -1.00 e. The predicted octanol–water partition coefficient (Wildman–Crippen LogP) is 0.440. The molecule has 1 N–H and O–H groups in total. The number of hydrogen-bond donors (Lipinski definition) is 1. The molecule has 2 aliphatic carbocycles. The Hall–Kier alpha value is -0.869. The van der Waals surface area contributed by atoms with Crippen LogP contribution >= 0.6 is 0 Å². The largest absolute Gasteiger partial charge is 2.00 e. The average Bonchev–Trinajstić information content (AvgIpc) is 3.02. The van der Waals surface area contributed by atoms with Gasteiger partial charge in [0.05, 0.1) is 0 Å². The molecule has 1 nitrogen and oxygen atoms in total. The molecule has 156 valence electrons. The maximum Gasteiger partial charge on any atom is 2.00 e. The number of allylic oxidation sites excluding steroid dienone is 4. The molecule has 0 saturated heterocycles. The summed E-state index contributed by atoms with van der Waals surface area (Å²) in [6.07, 6.45) is 3.52. The zero-order valence-electron chi connectivity index (χ0n) is 18.4. The molecule has 0 atom stereocenters. The topological polar surface area (TPSA) is 12.0 Å². The summed E-state index contributed by atoms with van der Waals surface area (Å²) in [6, 6.07) is 17.5. The zero-order chi connectivity index (χ0) is 19.4. The van der Waals surface area contributed by atoms with Crippen LogP contribution in [-0.4, -0.2) is 13.8 Å². The summed E-state index contributed by atoms with van der Waals surface area (Å²) in [6.45, 7) is 16.1. The molecule has 0 aliphatic heterocycles. The van der Waals surface area contributed by atoms with Crippen LogP contribution in [0.2, 0.25) is 13.1 Å². The van der Waals surface area contributed by atoms with Gasteiger partial charge in [-0.15, -0.1) is 0 Å². The summed E-state index contributed by atoms with van der Waals surface area (Å²) >= 11 is 0. The Morgan fingerprint density at radius 2 is 1.30 bits per heavy atom. The van der Waals surface area contributed by atoms with Crippen molar-refractivity contribution in [3.63, 3.8) is 0 Å². The first-order chi connectivity index (χ1) is 12.7. The van der Waals surface area contributed by atoms with Gasteiger partial charge in [-0.2, -0.15) is 0 Å².